The second kappa shape index (κ2) is 12.6. The number of pyridine rings is 1. The fraction of sp³-hybridized carbons (Fsp3) is 0.206. The number of halogens is 1. The topological polar surface area (TPSA) is 109 Å². The summed E-state index contributed by atoms with van der Waals surface area (Å²) in [5.41, 5.74) is 5.70. The molecule has 0 bridgehead atoms. The summed E-state index contributed by atoms with van der Waals surface area (Å²) in [6.07, 6.45) is 1.87. The van der Waals surface area contributed by atoms with Crippen LogP contribution < -0.4 is 15.5 Å². The number of ketones is 1. The first-order valence-electron chi connectivity index (χ1n) is 14.4. The number of ether oxygens (including phenoxy) is 1. The lowest BCUT2D eigenvalue weighted by molar-refractivity contribution is -0.116. The summed E-state index contributed by atoms with van der Waals surface area (Å²) < 4.78 is 19.9. The molecule has 44 heavy (non-hydrogen) atoms. The van der Waals surface area contributed by atoms with Crippen molar-refractivity contribution in [2.45, 2.75) is 20.3 Å². The molecule has 3 aromatic carbocycles. The van der Waals surface area contributed by atoms with Crippen molar-refractivity contribution in [1.82, 2.24) is 15.0 Å². The Bertz CT molecular complexity index is 1840. The number of hydrogen-bond acceptors (Lipinski definition) is 7. The lowest BCUT2D eigenvalue weighted by Crippen LogP contribution is -2.37. The van der Waals surface area contributed by atoms with Gasteiger partial charge >= 0.3 is 6.03 Å². The van der Waals surface area contributed by atoms with Gasteiger partial charge in [-0.3, -0.25) is 9.78 Å². The average molecular weight is 591 g/mol. The van der Waals surface area contributed by atoms with Gasteiger partial charge in [-0.1, -0.05) is 18.2 Å². The van der Waals surface area contributed by atoms with Crippen molar-refractivity contribution in [2.75, 3.05) is 41.8 Å². The summed E-state index contributed by atoms with van der Waals surface area (Å²) in [5, 5.41) is 6.34. The van der Waals surface area contributed by atoms with Crippen LogP contribution in [0.1, 0.15) is 18.2 Å². The first-order chi connectivity index (χ1) is 21.3. The third-order valence-electron chi connectivity index (χ3n) is 7.38. The minimum atomic E-state index is -0.545. The molecule has 222 valence electrons. The highest BCUT2D eigenvalue weighted by Gasteiger charge is 2.19. The van der Waals surface area contributed by atoms with Gasteiger partial charge in [-0.2, -0.15) is 0 Å². The van der Waals surface area contributed by atoms with E-state index >= 15 is 0 Å². The molecule has 0 spiro atoms. The molecular formula is C34H31FN6O3. The number of anilines is 3. The maximum Gasteiger partial charge on any atom is 0.323 e. The molecule has 1 aliphatic heterocycles. The van der Waals surface area contributed by atoms with Crippen LogP contribution in [0.2, 0.25) is 0 Å². The lowest BCUT2D eigenvalue weighted by Gasteiger charge is -2.29. The first kappa shape index (κ1) is 28.9. The van der Waals surface area contributed by atoms with Crippen LogP contribution in [-0.2, 0) is 16.0 Å². The van der Waals surface area contributed by atoms with Crippen LogP contribution in [0.25, 0.3) is 33.4 Å². The molecule has 6 rings (SSSR count). The Balaban J connectivity index is 1.25. The number of benzene rings is 3. The Labute approximate surface area is 254 Å². The number of carbonyl (C=O) groups excluding carboxylic acids is 2. The van der Waals surface area contributed by atoms with Crippen LogP contribution >= 0.6 is 0 Å². The van der Waals surface area contributed by atoms with Gasteiger partial charge in [-0.05, 0) is 79.6 Å². The third-order valence-corrected chi connectivity index (χ3v) is 7.38. The molecule has 0 aliphatic carbocycles. The molecule has 0 atom stereocenters. The van der Waals surface area contributed by atoms with Crippen LogP contribution in [-0.4, -0.2) is 53.1 Å². The Morgan fingerprint density at radius 3 is 2.27 bits per heavy atom. The van der Waals surface area contributed by atoms with Crippen molar-refractivity contribution >= 4 is 39.9 Å². The van der Waals surface area contributed by atoms with E-state index in [1.165, 1.54) is 19.1 Å². The largest absolute Gasteiger partial charge is 0.378 e. The molecule has 2 aromatic heterocycles. The van der Waals surface area contributed by atoms with E-state index in [9.17, 15) is 14.0 Å². The predicted molar refractivity (Wildman–Crippen MR) is 169 cm³/mol. The molecule has 1 saturated heterocycles. The number of fused-ring (bicyclic) bond motifs is 1. The maximum atomic E-state index is 14.3. The van der Waals surface area contributed by atoms with E-state index in [1.807, 2.05) is 31.3 Å². The summed E-state index contributed by atoms with van der Waals surface area (Å²) in [7, 11) is 0. The SMILES string of the molecule is CC(=O)Cc1ccc(NC(=O)Nc2ccc(-c3nc(N4CCOCC4)c4ccc(-c5ccc(C)nc5)cc4n3)cc2)cc1F. The van der Waals surface area contributed by atoms with Gasteiger partial charge in [0.15, 0.2) is 5.82 Å². The van der Waals surface area contributed by atoms with Crippen LogP contribution in [0.15, 0.2) is 79.0 Å². The highest BCUT2D eigenvalue weighted by molar-refractivity contribution is 6.00. The Morgan fingerprint density at radius 1 is 0.864 bits per heavy atom. The number of aryl methyl sites for hydroxylation is 1. The molecule has 0 unspecified atom stereocenters. The number of nitrogens with one attached hydrogen (secondary N) is 2. The van der Waals surface area contributed by atoms with Crippen molar-refractivity contribution in [3.05, 3.63) is 96.1 Å². The molecule has 2 amide bonds. The Kier molecular flexibility index (Phi) is 8.25. The number of hydrogen-bond donors (Lipinski definition) is 2. The number of morpholine rings is 1. The number of urea groups is 1. The fourth-order valence-electron chi connectivity index (χ4n) is 5.11. The minimum absolute atomic E-state index is 0.00487. The van der Waals surface area contributed by atoms with Crippen LogP contribution in [0.3, 0.4) is 0 Å². The molecule has 5 aromatic rings. The first-order valence-corrected chi connectivity index (χ1v) is 14.4. The Hall–Kier alpha value is -5.22. The summed E-state index contributed by atoms with van der Waals surface area (Å²) in [5.74, 6) is 0.735. The van der Waals surface area contributed by atoms with Crippen molar-refractivity contribution < 1.29 is 18.7 Å². The van der Waals surface area contributed by atoms with Gasteiger partial charge in [-0.15, -0.1) is 0 Å². The zero-order valence-electron chi connectivity index (χ0n) is 24.4. The van der Waals surface area contributed by atoms with Gasteiger partial charge in [0, 0.05) is 59.3 Å². The van der Waals surface area contributed by atoms with E-state index in [-0.39, 0.29) is 23.5 Å². The maximum absolute atomic E-state index is 14.3. The molecule has 1 aliphatic rings. The van der Waals surface area contributed by atoms with Gasteiger partial charge in [-0.25, -0.2) is 19.2 Å². The summed E-state index contributed by atoms with van der Waals surface area (Å²) in [6.45, 7) is 6.09. The number of rotatable bonds is 7. The van der Waals surface area contributed by atoms with Crippen molar-refractivity contribution in [1.29, 1.82) is 0 Å². The molecular weight excluding hydrogens is 559 g/mol. The van der Waals surface area contributed by atoms with E-state index in [1.54, 1.807) is 18.2 Å². The van der Waals surface area contributed by atoms with Gasteiger partial charge in [0.2, 0.25) is 0 Å². The zero-order chi connectivity index (χ0) is 30.6. The normalized spacial score (nSPS) is 13.1. The zero-order valence-corrected chi connectivity index (χ0v) is 24.4. The highest BCUT2D eigenvalue weighted by Crippen LogP contribution is 2.32. The van der Waals surface area contributed by atoms with E-state index in [2.05, 4.69) is 44.8 Å². The lowest BCUT2D eigenvalue weighted by atomic mass is 10.0. The van der Waals surface area contributed by atoms with Gasteiger partial charge in [0.25, 0.3) is 0 Å². The predicted octanol–water partition coefficient (Wildman–Crippen LogP) is 6.42. The van der Waals surface area contributed by atoms with Crippen molar-refractivity contribution in [3.63, 3.8) is 0 Å². The number of nitrogens with zero attached hydrogens (tertiary/aromatic N) is 4. The van der Waals surface area contributed by atoms with Crippen LogP contribution in [0.5, 0.6) is 0 Å². The Morgan fingerprint density at radius 2 is 1.57 bits per heavy atom. The molecule has 3 heterocycles. The van der Waals surface area contributed by atoms with Gasteiger partial charge < -0.3 is 20.3 Å². The van der Waals surface area contributed by atoms with E-state index in [0.717, 1.165) is 52.2 Å². The number of Topliss-reactive ketones (excluding diaryl/α,β-unsaturated/α-hetero) is 1. The average Bonchev–Trinajstić information content (AvgIpc) is 3.02. The fourth-order valence-corrected chi connectivity index (χ4v) is 5.11. The molecule has 10 heteroatoms. The minimum Gasteiger partial charge on any atom is -0.378 e. The number of aromatic nitrogens is 3. The highest BCUT2D eigenvalue weighted by atomic mass is 19.1. The summed E-state index contributed by atoms with van der Waals surface area (Å²) in [6, 6.07) is 21.2. The van der Waals surface area contributed by atoms with Crippen LogP contribution in [0, 0.1) is 12.7 Å². The number of carbonyl (C=O) groups is 2. The van der Waals surface area contributed by atoms with Crippen molar-refractivity contribution in [3.8, 4) is 22.5 Å². The molecule has 2 N–H and O–H groups in total. The number of amides is 2. The van der Waals surface area contributed by atoms with E-state index in [4.69, 9.17) is 14.7 Å². The molecule has 9 nitrogen and oxygen atoms in total. The van der Waals surface area contributed by atoms with Crippen LogP contribution in [0.4, 0.5) is 26.4 Å². The molecule has 0 saturated carbocycles. The molecule has 0 radical (unpaired) electrons. The third kappa shape index (κ3) is 6.55. The van der Waals surface area contributed by atoms with E-state index < -0.39 is 11.8 Å². The smallest absolute Gasteiger partial charge is 0.323 e. The monoisotopic (exact) mass is 590 g/mol. The summed E-state index contributed by atoms with van der Waals surface area (Å²) >= 11 is 0. The van der Waals surface area contributed by atoms with E-state index in [0.29, 0.717) is 24.7 Å². The standard InChI is InChI=1S/C34H31FN6O3/c1-21-3-4-26(20-36-21)24-8-12-29-31(18-24)39-32(40-33(29)41-13-15-44-16-14-41)23-5-9-27(10-6-23)37-34(43)38-28-11-7-25(17-22(2)42)30(35)19-28/h3-12,18-20H,13-17H2,1-2H3,(H2,37,38,43). The second-order valence-corrected chi connectivity index (χ2v) is 10.7. The molecule has 1 fully saturated rings. The van der Waals surface area contributed by atoms with Gasteiger partial charge in [0.05, 0.1) is 18.7 Å². The quantitative estimate of drug-likeness (QED) is 0.225. The second-order valence-electron chi connectivity index (χ2n) is 10.7. The summed E-state index contributed by atoms with van der Waals surface area (Å²) in [4.78, 5) is 40.5. The van der Waals surface area contributed by atoms with Crippen molar-refractivity contribution in [2.24, 2.45) is 0 Å². The van der Waals surface area contributed by atoms with Gasteiger partial charge in [0.1, 0.15) is 17.4 Å².